The second-order valence-corrected chi connectivity index (χ2v) is 9.54. The Morgan fingerprint density at radius 1 is 1.27 bits per heavy atom. The van der Waals surface area contributed by atoms with Crippen molar-refractivity contribution >= 4 is 62.3 Å². The molecule has 2 N–H and O–H groups in total. The summed E-state index contributed by atoms with van der Waals surface area (Å²) in [4.78, 5) is 37.4. The molecule has 1 amide bonds. The minimum Gasteiger partial charge on any atom is -0.383 e. The van der Waals surface area contributed by atoms with Gasteiger partial charge in [0.1, 0.15) is 18.4 Å². The second kappa shape index (κ2) is 9.03. The zero-order valence-electron chi connectivity index (χ0n) is 16.1. The Morgan fingerprint density at radius 3 is 2.90 bits per heavy atom. The summed E-state index contributed by atoms with van der Waals surface area (Å²) in [6.45, 7) is 2.18. The summed E-state index contributed by atoms with van der Waals surface area (Å²) in [6, 6.07) is 9.40. The number of aldehydes is 1. The highest BCUT2D eigenvalue weighted by Crippen LogP contribution is 2.23. The van der Waals surface area contributed by atoms with E-state index in [2.05, 4.69) is 30.8 Å². The zero-order chi connectivity index (χ0) is 21.1. The van der Waals surface area contributed by atoms with Crippen molar-refractivity contribution in [3.63, 3.8) is 0 Å². The van der Waals surface area contributed by atoms with Crippen molar-refractivity contribution in [3.8, 4) is 0 Å². The van der Waals surface area contributed by atoms with Gasteiger partial charge in [-0.2, -0.15) is 0 Å². The Bertz CT molecular complexity index is 1120. The fourth-order valence-corrected chi connectivity index (χ4v) is 4.83. The first-order chi connectivity index (χ1) is 14.5. The number of piperazine rings is 1. The summed E-state index contributed by atoms with van der Waals surface area (Å²) in [5, 5.41) is 0.813. The van der Waals surface area contributed by atoms with Crippen LogP contribution in [0.5, 0.6) is 0 Å². The molecular formula is C21H20BrN5O2S. The molecule has 1 aliphatic rings. The lowest BCUT2D eigenvalue weighted by atomic mass is 10.1. The molecule has 1 atom stereocenters. The number of benzene rings is 1. The van der Waals surface area contributed by atoms with Gasteiger partial charge < -0.3 is 15.4 Å². The molecule has 1 unspecified atom stereocenters. The maximum atomic E-state index is 12.6. The Morgan fingerprint density at radius 2 is 2.13 bits per heavy atom. The SMILES string of the molecule is Nc1ncnc2cc(CN3CCN(C(=O)/C=C/c4ccc(Br)s4)CC3C=O)ccc12. The molecule has 1 fully saturated rings. The highest BCUT2D eigenvalue weighted by atomic mass is 79.9. The number of hydrogen-bond donors (Lipinski definition) is 1. The molecule has 0 spiro atoms. The van der Waals surface area contributed by atoms with Crippen LogP contribution in [0.2, 0.25) is 0 Å². The fourth-order valence-electron chi connectivity index (χ4n) is 3.51. The molecule has 0 saturated carbocycles. The van der Waals surface area contributed by atoms with E-state index >= 15 is 0 Å². The molecule has 1 saturated heterocycles. The van der Waals surface area contributed by atoms with Gasteiger partial charge in [-0.1, -0.05) is 6.07 Å². The van der Waals surface area contributed by atoms with Crippen molar-refractivity contribution in [1.82, 2.24) is 19.8 Å². The van der Waals surface area contributed by atoms with E-state index in [1.807, 2.05) is 36.4 Å². The van der Waals surface area contributed by atoms with Crippen LogP contribution < -0.4 is 5.73 Å². The standard InChI is InChI=1S/C21H20BrN5O2S/c22-19-5-2-16(30-19)3-6-20(29)27-8-7-26(15(11-27)12-28)10-14-1-4-17-18(9-14)24-13-25-21(17)23/h1-6,9,12-13,15H,7-8,10-11H2,(H2,23,24,25)/b6-3+. The quantitative estimate of drug-likeness (QED) is 0.441. The molecule has 0 aliphatic carbocycles. The molecule has 1 aliphatic heterocycles. The van der Waals surface area contributed by atoms with Crippen molar-refractivity contribution < 1.29 is 9.59 Å². The molecule has 154 valence electrons. The number of aromatic nitrogens is 2. The number of nitrogen functional groups attached to an aromatic ring is 1. The van der Waals surface area contributed by atoms with Gasteiger partial charge in [0.25, 0.3) is 0 Å². The van der Waals surface area contributed by atoms with Gasteiger partial charge >= 0.3 is 0 Å². The van der Waals surface area contributed by atoms with E-state index in [-0.39, 0.29) is 11.9 Å². The van der Waals surface area contributed by atoms with Gasteiger partial charge in [-0.05, 0) is 51.8 Å². The van der Waals surface area contributed by atoms with Crippen LogP contribution in [0, 0.1) is 0 Å². The largest absolute Gasteiger partial charge is 0.383 e. The number of thiophene rings is 1. The first kappa shape index (κ1) is 20.6. The van der Waals surface area contributed by atoms with Crippen LogP contribution in [0.4, 0.5) is 5.82 Å². The molecule has 30 heavy (non-hydrogen) atoms. The Kier molecular flexibility index (Phi) is 6.21. The van der Waals surface area contributed by atoms with Crippen molar-refractivity contribution in [3.05, 3.63) is 57.0 Å². The van der Waals surface area contributed by atoms with Crippen LogP contribution in [0.3, 0.4) is 0 Å². The van der Waals surface area contributed by atoms with E-state index in [0.29, 0.717) is 32.0 Å². The summed E-state index contributed by atoms with van der Waals surface area (Å²) < 4.78 is 1.02. The van der Waals surface area contributed by atoms with Gasteiger partial charge in [-0.3, -0.25) is 9.69 Å². The van der Waals surface area contributed by atoms with E-state index in [1.54, 1.807) is 22.3 Å². The number of carbonyl (C=O) groups excluding carboxylic acids is 2. The molecule has 0 bridgehead atoms. The van der Waals surface area contributed by atoms with Gasteiger partial charge in [0, 0.05) is 42.5 Å². The number of nitrogens with two attached hydrogens (primary N) is 1. The third kappa shape index (κ3) is 4.58. The van der Waals surface area contributed by atoms with Gasteiger partial charge in [0.15, 0.2) is 0 Å². The number of halogens is 1. The Balaban J connectivity index is 1.41. The highest BCUT2D eigenvalue weighted by molar-refractivity contribution is 9.11. The average Bonchev–Trinajstić information content (AvgIpc) is 3.17. The third-order valence-corrected chi connectivity index (χ3v) is 6.69. The van der Waals surface area contributed by atoms with E-state index in [0.717, 1.165) is 31.4 Å². The fraction of sp³-hybridized carbons (Fsp3) is 0.238. The lowest BCUT2D eigenvalue weighted by Crippen LogP contribution is -2.54. The number of carbonyl (C=O) groups is 2. The number of amides is 1. The number of nitrogens with zero attached hydrogens (tertiary/aromatic N) is 4. The third-order valence-electron chi connectivity index (χ3n) is 5.10. The first-order valence-electron chi connectivity index (χ1n) is 9.44. The molecule has 3 heterocycles. The minimum absolute atomic E-state index is 0.0797. The van der Waals surface area contributed by atoms with E-state index in [1.165, 1.54) is 6.33 Å². The lowest BCUT2D eigenvalue weighted by molar-refractivity contribution is -0.130. The van der Waals surface area contributed by atoms with E-state index in [4.69, 9.17) is 5.73 Å². The number of fused-ring (bicyclic) bond motifs is 1. The van der Waals surface area contributed by atoms with Crippen molar-refractivity contribution in [1.29, 1.82) is 0 Å². The smallest absolute Gasteiger partial charge is 0.246 e. The highest BCUT2D eigenvalue weighted by Gasteiger charge is 2.28. The van der Waals surface area contributed by atoms with E-state index < -0.39 is 0 Å². The summed E-state index contributed by atoms with van der Waals surface area (Å²) in [5.74, 6) is 0.372. The normalized spacial score (nSPS) is 17.6. The van der Waals surface area contributed by atoms with Gasteiger partial charge in [0.05, 0.1) is 15.3 Å². The number of hydrogen-bond acceptors (Lipinski definition) is 7. The monoisotopic (exact) mass is 485 g/mol. The van der Waals surface area contributed by atoms with Gasteiger partial charge in [-0.25, -0.2) is 9.97 Å². The summed E-state index contributed by atoms with van der Waals surface area (Å²) in [6.07, 6.45) is 5.75. The maximum absolute atomic E-state index is 12.6. The summed E-state index contributed by atoms with van der Waals surface area (Å²) in [7, 11) is 0. The van der Waals surface area contributed by atoms with Gasteiger partial charge in [-0.15, -0.1) is 11.3 Å². The predicted octanol–water partition coefficient (Wildman–Crippen LogP) is 2.96. The number of anilines is 1. The molecule has 2 aromatic heterocycles. The van der Waals surface area contributed by atoms with Crippen molar-refractivity contribution in [2.24, 2.45) is 0 Å². The topological polar surface area (TPSA) is 92.4 Å². The molecule has 3 aromatic rings. The van der Waals surface area contributed by atoms with Crippen LogP contribution in [0.15, 0.2) is 46.5 Å². The van der Waals surface area contributed by atoms with Crippen molar-refractivity contribution in [2.75, 3.05) is 25.4 Å². The molecule has 9 heteroatoms. The minimum atomic E-state index is -0.349. The molecule has 7 nitrogen and oxygen atoms in total. The Labute approximate surface area is 186 Å². The lowest BCUT2D eigenvalue weighted by Gasteiger charge is -2.38. The van der Waals surface area contributed by atoms with Crippen molar-refractivity contribution in [2.45, 2.75) is 12.6 Å². The van der Waals surface area contributed by atoms with Crippen LogP contribution >= 0.6 is 27.3 Å². The number of rotatable bonds is 5. The molecular weight excluding hydrogens is 466 g/mol. The van der Waals surface area contributed by atoms with E-state index in [9.17, 15) is 9.59 Å². The molecule has 0 radical (unpaired) electrons. The predicted molar refractivity (Wildman–Crippen MR) is 122 cm³/mol. The van der Waals surface area contributed by atoms with Crippen LogP contribution in [-0.2, 0) is 16.1 Å². The Hall–Kier alpha value is -2.62. The van der Waals surface area contributed by atoms with Crippen LogP contribution in [0.25, 0.3) is 17.0 Å². The zero-order valence-corrected chi connectivity index (χ0v) is 18.5. The summed E-state index contributed by atoms with van der Waals surface area (Å²) in [5.41, 5.74) is 7.70. The van der Waals surface area contributed by atoms with Crippen LogP contribution in [-0.4, -0.2) is 57.6 Å². The van der Waals surface area contributed by atoms with Gasteiger partial charge in [0.2, 0.25) is 5.91 Å². The molecule has 4 rings (SSSR count). The average molecular weight is 486 g/mol. The second-order valence-electron chi connectivity index (χ2n) is 7.04. The van der Waals surface area contributed by atoms with Crippen LogP contribution in [0.1, 0.15) is 10.4 Å². The maximum Gasteiger partial charge on any atom is 0.246 e. The first-order valence-corrected chi connectivity index (χ1v) is 11.1. The summed E-state index contributed by atoms with van der Waals surface area (Å²) >= 11 is 4.98. The molecule has 1 aromatic carbocycles.